The fourth-order valence-electron chi connectivity index (χ4n) is 3.86. The van der Waals surface area contributed by atoms with Gasteiger partial charge in [-0.2, -0.15) is 0 Å². The van der Waals surface area contributed by atoms with Gasteiger partial charge in [-0.05, 0) is 68.5 Å². The maximum atomic E-state index is 13.1. The first-order valence-corrected chi connectivity index (χ1v) is 10.0. The van der Waals surface area contributed by atoms with Gasteiger partial charge in [0.2, 0.25) is 0 Å². The van der Waals surface area contributed by atoms with E-state index in [0.717, 1.165) is 36.3 Å². The standard InChI is InChI=1S/C22H22FN3O3/c1-12(24-21(27)13-2-4-15(23)5-3-13)18-8-9-19-20(25-18)17-10-14(17)11-26(19)22(28)29-16-6-7-16/h2-5,8-9,12,14,16-17H,6-7,10-11H2,1H3,(H,24,27)/t12-,14+,17+/m0/s1. The summed E-state index contributed by atoms with van der Waals surface area (Å²) in [5, 5.41) is 2.91. The lowest BCUT2D eigenvalue weighted by Crippen LogP contribution is -2.37. The average molecular weight is 395 g/mol. The number of anilines is 1. The zero-order chi connectivity index (χ0) is 20.1. The first-order chi connectivity index (χ1) is 14.0. The van der Waals surface area contributed by atoms with Crippen LogP contribution in [-0.2, 0) is 4.74 Å². The molecule has 2 aliphatic carbocycles. The van der Waals surface area contributed by atoms with Gasteiger partial charge < -0.3 is 10.1 Å². The summed E-state index contributed by atoms with van der Waals surface area (Å²) in [7, 11) is 0. The van der Waals surface area contributed by atoms with Crippen LogP contribution in [0.25, 0.3) is 0 Å². The molecule has 3 atom stereocenters. The Hall–Kier alpha value is -2.96. The largest absolute Gasteiger partial charge is 0.446 e. The molecule has 150 valence electrons. The van der Waals surface area contributed by atoms with Crippen molar-refractivity contribution in [1.82, 2.24) is 10.3 Å². The highest BCUT2D eigenvalue weighted by atomic mass is 19.1. The lowest BCUT2D eigenvalue weighted by Gasteiger charge is -2.28. The lowest BCUT2D eigenvalue weighted by atomic mass is 10.1. The highest BCUT2D eigenvalue weighted by Crippen LogP contribution is 2.54. The predicted molar refractivity (Wildman–Crippen MR) is 104 cm³/mol. The van der Waals surface area contributed by atoms with Gasteiger partial charge in [-0.15, -0.1) is 0 Å². The molecule has 1 aliphatic heterocycles. The van der Waals surface area contributed by atoms with Crippen LogP contribution < -0.4 is 10.2 Å². The van der Waals surface area contributed by atoms with Crippen molar-refractivity contribution in [2.24, 2.45) is 5.92 Å². The summed E-state index contributed by atoms with van der Waals surface area (Å²) >= 11 is 0. The van der Waals surface area contributed by atoms with Crippen LogP contribution in [-0.4, -0.2) is 29.6 Å². The Morgan fingerprint density at radius 3 is 2.69 bits per heavy atom. The van der Waals surface area contributed by atoms with Crippen molar-refractivity contribution in [2.45, 2.75) is 44.2 Å². The van der Waals surface area contributed by atoms with E-state index in [1.54, 1.807) is 4.90 Å². The molecule has 2 heterocycles. The van der Waals surface area contributed by atoms with Gasteiger partial charge in [0.25, 0.3) is 5.91 Å². The van der Waals surface area contributed by atoms with Crippen LogP contribution in [0, 0.1) is 11.7 Å². The van der Waals surface area contributed by atoms with Crippen LogP contribution in [0.15, 0.2) is 36.4 Å². The molecule has 3 aliphatic rings. The molecule has 6 nitrogen and oxygen atoms in total. The molecule has 0 radical (unpaired) electrons. The molecule has 0 saturated heterocycles. The highest BCUT2D eigenvalue weighted by Gasteiger charge is 2.48. The summed E-state index contributed by atoms with van der Waals surface area (Å²) in [4.78, 5) is 31.4. The SMILES string of the molecule is C[C@H](NC(=O)c1ccc(F)cc1)c1ccc2c(n1)[C@@H]1C[C@@H]1CN2C(=O)OC1CC1. The van der Waals surface area contributed by atoms with E-state index >= 15 is 0 Å². The minimum absolute atomic E-state index is 0.0665. The van der Waals surface area contributed by atoms with Gasteiger partial charge in [-0.3, -0.25) is 14.7 Å². The second-order valence-electron chi connectivity index (χ2n) is 8.14. The number of amides is 2. The van der Waals surface area contributed by atoms with E-state index in [1.165, 1.54) is 24.3 Å². The van der Waals surface area contributed by atoms with Gasteiger partial charge in [0.05, 0.1) is 23.1 Å². The van der Waals surface area contributed by atoms with E-state index in [-0.39, 0.29) is 30.0 Å². The summed E-state index contributed by atoms with van der Waals surface area (Å²) < 4.78 is 18.5. The van der Waals surface area contributed by atoms with Crippen molar-refractivity contribution in [3.05, 3.63) is 59.2 Å². The number of benzene rings is 1. The minimum atomic E-state index is -0.380. The summed E-state index contributed by atoms with van der Waals surface area (Å²) in [5.74, 6) is 0.140. The van der Waals surface area contributed by atoms with Crippen LogP contribution in [0.1, 0.15) is 59.9 Å². The van der Waals surface area contributed by atoms with Crippen LogP contribution in [0.2, 0.25) is 0 Å². The van der Waals surface area contributed by atoms with E-state index in [1.807, 2.05) is 19.1 Å². The molecule has 7 heteroatoms. The third-order valence-electron chi connectivity index (χ3n) is 5.82. The number of halogens is 1. The molecule has 0 spiro atoms. The van der Waals surface area contributed by atoms with Crippen molar-refractivity contribution in [3.8, 4) is 0 Å². The Bertz CT molecular complexity index is 974. The molecule has 5 rings (SSSR count). The number of nitrogens with zero attached hydrogens (tertiary/aromatic N) is 2. The number of hydrogen-bond donors (Lipinski definition) is 1. The Balaban J connectivity index is 1.34. The maximum Gasteiger partial charge on any atom is 0.414 e. The molecule has 29 heavy (non-hydrogen) atoms. The van der Waals surface area contributed by atoms with Crippen molar-refractivity contribution in [2.75, 3.05) is 11.4 Å². The maximum absolute atomic E-state index is 13.1. The number of carbonyl (C=O) groups excluding carboxylic acids is 2. The van der Waals surface area contributed by atoms with Crippen LogP contribution >= 0.6 is 0 Å². The van der Waals surface area contributed by atoms with E-state index in [2.05, 4.69) is 5.32 Å². The minimum Gasteiger partial charge on any atom is -0.446 e. The number of aromatic nitrogens is 1. The fourth-order valence-corrected chi connectivity index (χ4v) is 3.86. The normalized spacial score (nSPS) is 22.9. The van der Waals surface area contributed by atoms with Crippen molar-refractivity contribution in [3.63, 3.8) is 0 Å². The van der Waals surface area contributed by atoms with Crippen molar-refractivity contribution in [1.29, 1.82) is 0 Å². The van der Waals surface area contributed by atoms with Gasteiger partial charge in [0, 0.05) is 18.0 Å². The summed E-state index contributed by atoms with van der Waals surface area (Å²) in [6, 6.07) is 8.86. The molecular formula is C22H22FN3O3. The molecule has 1 N–H and O–H groups in total. The molecule has 2 aromatic rings. The quantitative estimate of drug-likeness (QED) is 0.851. The smallest absolute Gasteiger partial charge is 0.414 e. The van der Waals surface area contributed by atoms with E-state index in [9.17, 15) is 14.0 Å². The Labute approximate surface area is 168 Å². The van der Waals surface area contributed by atoms with Crippen molar-refractivity contribution < 1.29 is 18.7 Å². The van der Waals surface area contributed by atoms with E-state index < -0.39 is 0 Å². The van der Waals surface area contributed by atoms with Gasteiger partial charge in [-0.25, -0.2) is 9.18 Å². The Morgan fingerprint density at radius 1 is 1.21 bits per heavy atom. The van der Waals surface area contributed by atoms with Crippen molar-refractivity contribution >= 4 is 17.7 Å². The topological polar surface area (TPSA) is 71.5 Å². The number of nitrogens with one attached hydrogen (secondary N) is 1. The number of rotatable bonds is 4. The highest BCUT2D eigenvalue weighted by molar-refractivity contribution is 5.94. The number of hydrogen-bond acceptors (Lipinski definition) is 4. The molecule has 2 saturated carbocycles. The second kappa shape index (κ2) is 6.83. The van der Waals surface area contributed by atoms with Gasteiger partial charge in [0.1, 0.15) is 11.9 Å². The monoisotopic (exact) mass is 395 g/mol. The van der Waals surface area contributed by atoms with Crippen LogP contribution in [0.3, 0.4) is 0 Å². The second-order valence-corrected chi connectivity index (χ2v) is 8.14. The zero-order valence-electron chi connectivity index (χ0n) is 16.1. The first kappa shape index (κ1) is 18.1. The third-order valence-corrected chi connectivity index (χ3v) is 5.82. The lowest BCUT2D eigenvalue weighted by molar-refractivity contribution is 0.0939. The first-order valence-electron chi connectivity index (χ1n) is 10.0. The van der Waals surface area contributed by atoms with Crippen LogP contribution in [0.5, 0.6) is 0 Å². The molecular weight excluding hydrogens is 373 g/mol. The molecule has 2 fully saturated rings. The fraction of sp³-hybridized carbons (Fsp3) is 0.409. The molecule has 2 amide bonds. The molecule has 0 bridgehead atoms. The summed E-state index contributed by atoms with van der Waals surface area (Å²) in [6.45, 7) is 2.55. The van der Waals surface area contributed by atoms with E-state index in [0.29, 0.717) is 23.9 Å². The molecule has 0 unspecified atom stereocenters. The summed E-state index contributed by atoms with van der Waals surface area (Å²) in [6.07, 6.45) is 2.69. The van der Waals surface area contributed by atoms with Crippen LogP contribution in [0.4, 0.5) is 14.9 Å². The predicted octanol–water partition coefficient (Wildman–Crippen LogP) is 3.93. The number of ether oxygens (including phenoxy) is 1. The Morgan fingerprint density at radius 2 is 1.97 bits per heavy atom. The zero-order valence-corrected chi connectivity index (χ0v) is 16.1. The summed E-state index contributed by atoms with van der Waals surface area (Å²) in [5.41, 5.74) is 2.86. The molecule has 1 aromatic carbocycles. The Kier molecular flexibility index (Phi) is 4.26. The number of carbonyl (C=O) groups is 2. The molecule has 1 aromatic heterocycles. The van der Waals surface area contributed by atoms with E-state index in [4.69, 9.17) is 9.72 Å². The van der Waals surface area contributed by atoms with Gasteiger partial charge >= 0.3 is 6.09 Å². The third kappa shape index (κ3) is 3.57. The van der Waals surface area contributed by atoms with Gasteiger partial charge in [-0.1, -0.05) is 0 Å². The van der Waals surface area contributed by atoms with Gasteiger partial charge in [0.15, 0.2) is 0 Å². The number of fused-ring (bicyclic) bond motifs is 3. The number of pyridine rings is 1. The average Bonchev–Trinajstić information content (AvgIpc) is 3.62.